The lowest BCUT2D eigenvalue weighted by atomic mass is 9.94. The van der Waals surface area contributed by atoms with Gasteiger partial charge >= 0.3 is 6.09 Å². The minimum Gasteiger partial charge on any atom is -0.443 e. The number of imide groups is 3. The predicted octanol–water partition coefficient (Wildman–Crippen LogP) is 1.61. The van der Waals surface area contributed by atoms with Crippen molar-refractivity contribution in [1.29, 1.82) is 0 Å². The summed E-state index contributed by atoms with van der Waals surface area (Å²) >= 11 is 0. The van der Waals surface area contributed by atoms with Gasteiger partial charge in [0.25, 0.3) is 5.91 Å². The van der Waals surface area contributed by atoms with Crippen LogP contribution in [0.5, 0.6) is 0 Å². The van der Waals surface area contributed by atoms with Gasteiger partial charge in [-0.3, -0.25) is 14.4 Å². The van der Waals surface area contributed by atoms with E-state index in [1.807, 2.05) is 0 Å². The van der Waals surface area contributed by atoms with Crippen molar-refractivity contribution in [2.24, 2.45) is 0 Å². The van der Waals surface area contributed by atoms with Gasteiger partial charge in [0, 0.05) is 18.7 Å². The minimum absolute atomic E-state index is 0.0107. The molecule has 1 aromatic rings. The van der Waals surface area contributed by atoms with Gasteiger partial charge in [-0.25, -0.2) is 4.79 Å². The van der Waals surface area contributed by atoms with Crippen molar-refractivity contribution in [2.75, 3.05) is 5.73 Å². The number of fused-ring (bicyclic) bond motifs is 1. The van der Waals surface area contributed by atoms with Crippen LogP contribution in [0.3, 0.4) is 0 Å². The van der Waals surface area contributed by atoms with Gasteiger partial charge in [-0.05, 0) is 50.5 Å². The van der Waals surface area contributed by atoms with Gasteiger partial charge in [0.15, 0.2) is 0 Å². The van der Waals surface area contributed by atoms with E-state index in [0.29, 0.717) is 10.6 Å². The Kier molecular flexibility index (Phi) is 4.67. The van der Waals surface area contributed by atoms with E-state index in [0.717, 1.165) is 11.1 Å². The summed E-state index contributed by atoms with van der Waals surface area (Å²) in [6, 6.07) is 4.44. The number of hydrogen-bond acceptors (Lipinski definition) is 6. The van der Waals surface area contributed by atoms with Gasteiger partial charge in [0.05, 0.1) is 6.42 Å². The summed E-state index contributed by atoms with van der Waals surface area (Å²) < 4.78 is 5.18. The number of rotatable bonds is 1. The fraction of sp³-hybridized carbons (Fsp3) is 0.474. The first-order valence-corrected chi connectivity index (χ1v) is 8.83. The number of nitrogen functional groups attached to an aromatic ring is 1. The Labute approximate surface area is 157 Å². The summed E-state index contributed by atoms with van der Waals surface area (Å²) in [6.45, 7) is 5.16. The number of carbonyl (C=O) groups is 4. The molecule has 2 N–H and O–H groups in total. The van der Waals surface area contributed by atoms with E-state index >= 15 is 0 Å². The van der Waals surface area contributed by atoms with Crippen LogP contribution in [0.15, 0.2) is 18.2 Å². The Morgan fingerprint density at radius 1 is 1.15 bits per heavy atom. The van der Waals surface area contributed by atoms with Crippen LogP contribution < -0.4 is 5.73 Å². The van der Waals surface area contributed by atoms with Gasteiger partial charge in [-0.1, -0.05) is 6.07 Å². The van der Waals surface area contributed by atoms with Crippen LogP contribution in [0, 0.1) is 0 Å². The van der Waals surface area contributed by atoms with Gasteiger partial charge in [-0.2, -0.15) is 4.90 Å². The first-order chi connectivity index (χ1) is 12.6. The van der Waals surface area contributed by atoms with E-state index in [1.54, 1.807) is 39.0 Å². The molecular formula is C19H23N3O5. The Morgan fingerprint density at radius 2 is 1.85 bits per heavy atom. The summed E-state index contributed by atoms with van der Waals surface area (Å²) in [5.41, 5.74) is 7.28. The van der Waals surface area contributed by atoms with Gasteiger partial charge < -0.3 is 15.4 Å². The highest BCUT2D eigenvalue weighted by atomic mass is 16.6. The Hall–Kier alpha value is -2.90. The van der Waals surface area contributed by atoms with Crippen molar-refractivity contribution < 1.29 is 23.9 Å². The zero-order valence-corrected chi connectivity index (χ0v) is 15.7. The number of carbonyl (C=O) groups excluding carboxylic acids is 4. The molecular weight excluding hydrogens is 350 g/mol. The summed E-state index contributed by atoms with van der Waals surface area (Å²) in [5.74, 6) is -1.55. The second-order valence-corrected chi connectivity index (χ2v) is 7.83. The molecule has 1 atom stereocenters. The van der Waals surface area contributed by atoms with Crippen LogP contribution in [0.25, 0.3) is 0 Å². The lowest BCUT2D eigenvalue weighted by Gasteiger charge is -2.39. The molecule has 0 saturated carbocycles. The lowest BCUT2D eigenvalue weighted by Crippen LogP contribution is -2.59. The van der Waals surface area contributed by atoms with Crippen molar-refractivity contribution in [1.82, 2.24) is 9.80 Å². The summed E-state index contributed by atoms with van der Waals surface area (Å²) in [4.78, 5) is 51.9. The van der Waals surface area contributed by atoms with E-state index in [-0.39, 0.29) is 31.7 Å². The van der Waals surface area contributed by atoms with Crippen molar-refractivity contribution in [3.8, 4) is 0 Å². The van der Waals surface area contributed by atoms with Crippen LogP contribution in [0.4, 0.5) is 10.5 Å². The maximum Gasteiger partial charge on any atom is 0.424 e. The maximum absolute atomic E-state index is 12.9. The van der Waals surface area contributed by atoms with Crippen LogP contribution >= 0.6 is 0 Å². The summed E-state index contributed by atoms with van der Waals surface area (Å²) in [6.07, 6.45) is -0.681. The average molecular weight is 373 g/mol. The molecule has 3 rings (SSSR count). The van der Waals surface area contributed by atoms with E-state index in [9.17, 15) is 19.2 Å². The number of benzene rings is 1. The molecule has 0 bridgehead atoms. The number of likely N-dealkylation sites (tertiary alicyclic amines) is 1. The second-order valence-electron chi connectivity index (χ2n) is 7.83. The number of piperidine rings is 1. The van der Waals surface area contributed by atoms with E-state index in [1.165, 1.54) is 4.90 Å². The largest absolute Gasteiger partial charge is 0.443 e. The molecule has 1 fully saturated rings. The molecule has 0 aromatic heterocycles. The molecule has 2 heterocycles. The smallest absolute Gasteiger partial charge is 0.424 e. The van der Waals surface area contributed by atoms with Crippen molar-refractivity contribution in [3.05, 3.63) is 29.3 Å². The topological polar surface area (TPSA) is 110 Å². The molecule has 144 valence electrons. The van der Waals surface area contributed by atoms with E-state index in [4.69, 9.17) is 10.5 Å². The first-order valence-electron chi connectivity index (χ1n) is 8.83. The van der Waals surface area contributed by atoms with E-state index in [2.05, 4.69) is 0 Å². The molecule has 8 heteroatoms. The van der Waals surface area contributed by atoms with Crippen LogP contribution in [-0.4, -0.2) is 45.3 Å². The van der Waals surface area contributed by atoms with Crippen LogP contribution in [0.1, 0.15) is 44.7 Å². The highest BCUT2D eigenvalue weighted by molar-refractivity contribution is 6.12. The minimum atomic E-state index is -1.00. The Bertz CT molecular complexity index is 827. The fourth-order valence-electron chi connectivity index (χ4n) is 3.34. The number of ether oxygens (including phenoxy) is 1. The third-order valence-electron chi connectivity index (χ3n) is 4.57. The molecule has 0 spiro atoms. The van der Waals surface area contributed by atoms with Crippen molar-refractivity contribution in [2.45, 2.75) is 58.2 Å². The monoisotopic (exact) mass is 373 g/mol. The number of nitrogens with zero attached hydrogens (tertiary/aromatic N) is 2. The molecule has 1 aromatic carbocycles. The van der Waals surface area contributed by atoms with Gasteiger partial charge in [0.1, 0.15) is 11.6 Å². The molecule has 27 heavy (non-hydrogen) atoms. The zero-order valence-electron chi connectivity index (χ0n) is 15.7. The summed E-state index contributed by atoms with van der Waals surface area (Å²) in [7, 11) is 0. The molecule has 0 radical (unpaired) electrons. The molecule has 1 unspecified atom stereocenters. The molecule has 4 amide bonds. The normalized spacial score (nSPS) is 20.6. The Morgan fingerprint density at radius 3 is 2.52 bits per heavy atom. The van der Waals surface area contributed by atoms with Gasteiger partial charge in [-0.15, -0.1) is 0 Å². The Balaban J connectivity index is 1.84. The molecule has 8 nitrogen and oxygen atoms in total. The van der Waals surface area contributed by atoms with Gasteiger partial charge in [0.2, 0.25) is 11.8 Å². The van der Waals surface area contributed by atoms with Crippen molar-refractivity contribution in [3.63, 3.8) is 0 Å². The molecule has 1 saturated heterocycles. The first kappa shape index (κ1) is 18.9. The van der Waals surface area contributed by atoms with Crippen molar-refractivity contribution >= 4 is 29.5 Å². The number of anilines is 1. The SMILES string of the molecule is CC(C)(C)OC(=O)N1C(=O)CCC(N2Cc3cc(N)ccc3CC2=O)C1=O. The highest BCUT2D eigenvalue weighted by Crippen LogP contribution is 2.28. The standard InChI is InChI=1S/C19H23N3O5/c1-19(2,3)27-18(26)22-15(23)7-6-14(17(22)25)21-10-12-8-13(20)5-4-11(12)9-16(21)24/h4-5,8,14H,6-7,9-10,20H2,1-3H3. The average Bonchev–Trinajstić information content (AvgIpc) is 2.53. The molecule has 2 aliphatic heterocycles. The predicted molar refractivity (Wildman–Crippen MR) is 96.2 cm³/mol. The molecule has 0 aliphatic carbocycles. The van der Waals surface area contributed by atoms with Crippen LogP contribution in [0.2, 0.25) is 0 Å². The summed E-state index contributed by atoms with van der Waals surface area (Å²) in [5, 5.41) is 0. The van der Waals surface area contributed by atoms with E-state index < -0.39 is 29.6 Å². The molecule has 2 aliphatic rings. The number of nitrogens with two attached hydrogens (primary N) is 1. The second kappa shape index (κ2) is 6.68. The quantitative estimate of drug-likeness (QED) is 0.591. The third kappa shape index (κ3) is 3.79. The lowest BCUT2D eigenvalue weighted by molar-refractivity contribution is -0.156. The van der Waals surface area contributed by atoms with Crippen LogP contribution in [-0.2, 0) is 32.1 Å². The fourth-order valence-corrected chi connectivity index (χ4v) is 3.34. The third-order valence-corrected chi connectivity index (χ3v) is 4.57. The maximum atomic E-state index is 12.9. The number of amides is 4. The number of hydrogen-bond donors (Lipinski definition) is 1. The highest BCUT2D eigenvalue weighted by Gasteiger charge is 2.45. The zero-order chi connectivity index (χ0) is 19.9.